The molecule has 1 unspecified atom stereocenters. The van der Waals surface area contributed by atoms with E-state index in [2.05, 4.69) is 23.1 Å². The van der Waals surface area contributed by atoms with Gasteiger partial charge in [-0.25, -0.2) is 9.59 Å². The van der Waals surface area contributed by atoms with Crippen molar-refractivity contribution in [2.45, 2.75) is 45.5 Å². The minimum atomic E-state index is -0.478. The molecule has 0 bridgehead atoms. The predicted octanol–water partition coefficient (Wildman–Crippen LogP) is 4.34. The molecular formula is C26H32N2O5. The van der Waals surface area contributed by atoms with Crippen molar-refractivity contribution in [3.63, 3.8) is 0 Å². The Morgan fingerprint density at radius 2 is 1.67 bits per heavy atom. The number of carbonyl (C=O) groups excluding carboxylic acids is 2. The van der Waals surface area contributed by atoms with E-state index in [1.165, 1.54) is 18.2 Å². The molecule has 1 fully saturated rings. The third-order valence-corrected chi connectivity index (χ3v) is 6.04. The quantitative estimate of drug-likeness (QED) is 0.645. The summed E-state index contributed by atoms with van der Waals surface area (Å²) in [5, 5.41) is 0. The number of amides is 1. The van der Waals surface area contributed by atoms with Crippen LogP contribution in [0.2, 0.25) is 0 Å². The molecule has 7 heteroatoms. The summed E-state index contributed by atoms with van der Waals surface area (Å²) in [5.74, 6) is -0.337. The van der Waals surface area contributed by atoms with Crippen molar-refractivity contribution in [2.75, 3.05) is 38.2 Å². The predicted molar refractivity (Wildman–Crippen MR) is 125 cm³/mol. The second-order valence-corrected chi connectivity index (χ2v) is 9.52. The van der Waals surface area contributed by atoms with E-state index in [1.54, 1.807) is 17.0 Å². The molecule has 0 spiro atoms. The number of rotatable bonds is 3. The fraction of sp³-hybridized carbons (Fsp3) is 0.462. The van der Waals surface area contributed by atoms with Crippen molar-refractivity contribution in [3.8, 4) is 0 Å². The Hall–Kier alpha value is -3.06. The molecule has 33 heavy (non-hydrogen) atoms. The topological polar surface area (TPSA) is 68.3 Å². The summed E-state index contributed by atoms with van der Waals surface area (Å²) in [7, 11) is 1.38. The van der Waals surface area contributed by atoms with E-state index >= 15 is 0 Å². The Kier molecular flexibility index (Phi) is 6.61. The highest BCUT2D eigenvalue weighted by Gasteiger charge is 2.27. The van der Waals surface area contributed by atoms with Crippen LogP contribution in [0.5, 0.6) is 0 Å². The highest BCUT2D eigenvalue weighted by atomic mass is 16.6. The van der Waals surface area contributed by atoms with E-state index in [0.29, 0.717) is 25.3 Å². The van der Waals surface area contributed by atoms with Gasteiger partial charge in [-0.2, -0.15) is 0 Å². The molecule has 2 heterocycles. The largest absolute Gasteiger partial charge is 0.465 e. The number of ether oxygens (including phenoxy) is 3. The van der Waals surface area contributed by atoms with Gasteiger partial charge in [-0.3, -0.25) is 0 Å². The van der Waals surface area contributed by atoms with E-state index < -0.39 is 5.60 Å². The summed E-state index contributed by atoms with van der Waals surface area (Å²) in [5.41, 5.74) is 4.74. The molecule has 2 aromatic rings. The number of benzene rings is 2. The number of carbonyl (C=O) groups is 2. The molecule has 1 saturated heterocycles. The lowest BCUT2D eigenvalue weighted by Crippen LogP contribution is -2.50. The van der Waals surface area contributed by atoms with E-state index in [1.807, 2.05) is 32.9 Å². The molecule has 0 aromatic heterocycles. The maximum absolute atomic E-state index is 12.3. The SMILES string of the molecule is COC(=O)c1ccc(C2Cc3ccc(N4CCN(C(=O)OC(C)(C)C)CC4)cc3CO2)cc1. The first kappa shape index (κ1) is 23.1. The molecule has 7 nitrogen and oxygen atoms in total. The number of anilines is 1. The van der Waals surface area contributed by atoms with Gasteiger partial charge in [0.1, 0.15) is 5.60 Å². The van der Waals surface area contributed by atoms with Crippen LogP contribution in [0.25, 0.3) is 0 Å². The maximum Gasteiger partial charge on any atom is 0.410 e. The van der Waals surface area contributed by atoms with Crippen LogP contribution in [0, 0.1) is 0 Å². The lowest BCUT2D eigenvalue weighted by atomic mass is 9.94. The van der Waals surface area contributed by atoms with Crippen LogP contribution in [0.1, 0.15) is 53.9 Å². The second-order valence-electron chi connectivity index (χ2n) is 9.52. The Bertz CT molecular complexity index is 1000. The zero-order chi connectivity index (χ0) is 23.6. The lowest BCUT2D eigenvalue weighted by Gasteiger charge is -2.37. The lowest BCUT2D eigenvalue weighted by molar-refractivity contribution is 0.0240. The van der Waals surface area contributed by atoms with E-state index in [9.17, 15) is 9.59 Å². The van der Waals surface area contributed by atoms with E-state index in [0.717, 1.165) is 30.8 Å². The van der Waals surface area contributed by atoms with Crippen molar-refractivity contribution in [1.82, 2.24) is 4.90 Å². The Morgan fingerprint density at radius 1 is 0.970 bits per heavy atom. The maximum atomic E-state index is 12.3. The normalized spacial score (nSPS) is 18.5. The summed E-state index contributed by atoms with van der Waals surface area (Å²) >= 11 is 0. The van der Waals surface area contributed by atoms with Crippen LogP contribution in [0.15, 0.2) is 42.5 Å². The first-order valence-corrected chi connectivity index (χ1v) is 11.4. The number of methoxy groups -OCH3 is 1. The fourth-order valence-electron chi connectivity index (χ4n) is 4.23. The summed E-state index contributed by atoms with van der Waals surface area (Å²) in [6.45, 7) is 9.04. The highest BCUT2D eigenvalue weighted by molar-refractivity contribution is 5.89. The molecule has 2 aliphatic rings. The van der Waals surface area contributed by atoms with Crippen molar-refractivity contribution >= 4 is 17.7 Å². The minimum absolute atomic E-state index is 0.0348. The van der Waals surface area contributed by atoms with Gasteiger partial charge in [0, 0.05) is 38.3 Å². The number of fused-ring (bicyclic) bond motifs is 1. The van der Waals surface area contributed by atoms with Crippen LogP contribution >= 0.6 is 0 Å². The van der Waals surface area contributed by atoms with Gasteiger partial charge in [0.15, 0.2) is 0 Å². The summed E-state index contributed by atoms with van der Waals surface area (Å²) in [6.07, 6.45) is 0.513. The molecule has 1 atom stereocenters. The van der Waals surface area contributed by atoms with Gasteiger partial charge in [-0.15, -0.1) is 0 Å². The van der Waals surface area contributed by atoms with Crippen LogP contribution in [-0.4, -0.2) is 55.9 Å². The second kappa shape index (κ2) is 9.43. The van der Waals surface area contributed by atoms with E-state index in [-0.39, 0.29) is 18.2 Å². The molecule has 0 N–H and O–H groups in total. The first-order valence-electron chi connectivity index (χ1n) is 11.4. The molecule has 0 aliphatic carbocycles. The van der Waals surface area contributed by atoms with Gasteiger partial charge < -0.3 is 24.0 Å². The van der Waals surface area contributed by atoms with Gasteiger partial charge in [0.05, 0.1) is 25.4 Å². The monoisotopic (exact) mass is 452 g/mol. The molecule has 176 valence electrons. The highest BCUT2D eigenvalue weighted by Crippen LogP contribution is 2.33. The third kappa shape index (κ3) is 5.47. The Balaban J connectivity index is 1.37. The van der Waals surface area contributed by atoms with Crippen molar-refractivity contribution in [3.05, 3.63) is 64.7 Å². The molecule has 2 aliphatic heterocycles. The van der Waals surface area contributed by atoms with Crippen molar-refractivity contribution in [2.24, 2.45) is 0 Å². The zero-order valence-corrected chi connectivity index (χ0v) is 19.8. The first-order chi connectivity index (χ1) is 15.7. The van der Waals surface area contributed by atoms with Gasteiger partial charge in [0.25, 0.3) is 0 Å². The van der Waals surface area contributed by atoms with Crippen molar-refractivity contribution in [1.29, 1.82) is 0 Å². The summed E-state index contributed by atoms with van der Waals surface area (Å²) < 4.78 is 16.4. The van der Waals surface area contributed by atoms with Gasteiger partial charge in [-0.05, 0) is 61.7 Å². The van der Waals surface area contributed by atoms with Gasteiger partial charge in [-0.1, -0.05) is 18.2 Å². The summed E-state index contributed by atoms with van der Waals surface area (Å²) in [6, 6.07) is 14.0. The smallest absolute Gasteiger partial charge is 0.410 e. The average Bonchev–Trinajstić information content (AvgIpc) is 2.82. The number of hydrogen-bond donors (Lipinski definition) is 0. The fourth-order valence-corrected chi connectivity index (χ4v) is 4.23. The van der Waals surface area contributed by atoms with E-state index in [4.69, 9.17) is 14.2 Å². The molecule has 0 saturated carbocycles. The Labute approximate surface area is 195 Å². The van der Waals surface area contributed by atoms with Crippen LogP contribution in [0.4, 0.5) is 10.5 Å². The third-order valence-electron chi connectivity index (χ3n) is 6.04. The number of esters is 1. The molecule has 2 aromatic carbocycles. The Morgan fingerprint density at radius 3 is 2.30 bits per heavy atom. The molecular weight excluding hydrogens is 420 g/mol. The average molecular weight is 453 g/mol. The van der Waals surface area contributed by atoms with Crippen LogP contribution < -0.4 is 4.90 Å². The molecule has 0 radical (unpaired) electrons. The van der Waals surface area contributed by atoms with Crippen LogP contribution in [-0.2, 0) is 27.2 Å². The van der Waals surface area contributed by atoms with Crippen molar-refractivity contribution < 1.29 is 23.8 Å². The number of piperazine rings is 1. The minimum Gasteiger partial charge on any atom is -0.465 e. The van der Waals surface area contributed by atoms with Gasteiger partial charge >= 0.3 is 12.1 Å². The van der Waals surface area contributed by atoms with Crippen LogP contribution in [0.3, 0.4) is 0 Å². The number of hydrogen-bond acceptors (Lipinski definition) is 6. The molecule has 4 rings (SSSR count). The standard InChI is InChI=1S/C26H32N2O5/c1-26(2,3)33-25(30)28-13-11-27(12-14-28)22-10-9-20-16-23(32-17-21(20)15-22)18-5-7-19(8-6-18)24(29)31-4/h5-10,15,23H,11-14,16-17H2,1-4H3. The number of nitrogens with zero attached hydrogens (tertiary/aromatic N) is 2. The van der Waals surface area contributed by atoms with Gasteiger partial charge in [0.2, 0.25) is 0 Å². The molecule has 1 amide bonds. The summed E-state index contributed by atoms with van der Waals surface area (Å²) in [4.78, 5) is 28.0. The zero-order valence-electron chi connectivity index (χ0n) is 19.8.